The topological polar surface area (TPSA) is 83.5 Å². The fraction of sp³-hybridized carbons (Fsp3) is 0.529. The van der Waals surface area contributed by atoms with Crippen LogP contribution in [0.25, 0.3) is 0 Å². The van der Waals surface area contributed by atoms with Crippen LogP contribution in [0, 0.1) is 5.92 Å². The summed E-state index contributed by atoms with van der Waals surface area (Å²) < 4.78 is 24.7. The van der Waals surface area contributed by atoms with Gasteiger partial charge in [-0.2, -0.15) is 0 Å². The minimum absolute atomic E-state index is 0.0173. The van der Waals surface area contributed by atoms with E-state index in [-0.39, 0.29) is 17.7 Å². The molecule has 0 saturated carbocycles. The largest absolute Gasteiger partial charge is 0.298 e. The van der Waals surface area contributed by atoms with E-state index in [1.165, 1.54) is 0 Å². The predicted molar refractivity (Wildman–Crippen MR) is 91.6 cm³/mol. The maximum Gasteiger partial charge on any atom is 0.229 e. The first-order chi connectivity index (χ1) is 11.3. The number of fused-ring (bicyclic) bond motifs is 3. The number of hydrogen-bond donors (Lipinski definition) is 1. The van der Waals surface area contributed by atoms with Gasteiger partial charge in [-0.05, 0) is 56.6 Å². The van der Waals surface area contributed by atoms with Gasteiger partial charge >= 0.3 is 0 Å². The van der Waals surface area contributed by atoms with Crippen molar-refractivity contribution in [3.63, 3.8) is 0 Å². The Kier molecular flexibility index (Phi) is 4.73. The number of Topliss-reactive ketones (excluding diaryl/α,β-unsaturated/α-hetero) is 2. The first-order valence-corrected chi connectivity index (χ1v) is 10.1. The number of piperidine rings is 3. The first kappa shape index (κ1) is 17.1. The van der Waals surface area contributed by atoms with Gasteiger partial charge in [0.05, 0.1) is 12.3 Å². The van der Waals surface area contributed by atoms with E-state index in [4.69, 9.17) is 0 Å². The normalized spacial score (nSPS) is 26.4. The molecule has 0 aliphatic carbocycles. The van der Waals surface area contributed by atoms with E-state index < -0.39 is 10.0 Å². The number of benzene rings is 1. The molecule has 0 amide bonds. The Morgan fingerprint density at radius 3 is 2.38 bits per heavy atom. The molecule has 0 aromatic heterocycles. The van der Waals surface area contributed by atoms with Gasteiger partial charge in [-0.15, -0.1) is 0 Å². The molecule has 2 bridgehead atoms. The van der Waals surface area contributed by atoms with Crippen molar-refractivity contribution in [1.29, 1.82) is 0 Å². The summed E-state index contributed by atoms with van der Waals surface area (Å²) >= 11 is 0. The molecule has 4 rings (SSSR count). The number of nitrogens with zero attached hydrogens (tertiary/aromatic N) is 1. The summed E-state index contributed by atoms with van der Waals surface area (Å²) in [5.74, 6) is 0.473. The highest BCUT2D eigenvalue weighted by Gasteiger charge is 2.40. The molecule has 1 aromatic rings. The lowest BCUT2D eigenvalue weighted by molar-refractivity contribution is -0.137. The summed E-state index contributed by atoms with van der Waals surface area (Å²) in [4.78, 5) is 26.8. The van der Waals surface area contributed by atoms with Gasteiger partial charge in [0.15, 0.2) is 11.6 Å². The highest BCUT2D eigenvalue weighted by molar-refractivity contribution is 7.92. The van der Waals surface area contributed by atoms with Gasteiger partial charge in [-0.3, -0.25) is 19.2 Å². The molecule has 1 atom stereocenters. The zero-order valence-corrected chi connectivity index (χ0v) is 14.5. The van der Waals surface area contributed by atoms with E-state index >= 15 is 0 Å². The monoisotopic (exact) mass is 350 g/mol. The zero-order chi connectivity index (χ0) is 17.3. The SMILES string of the molecule is CS(=O)(=O)Nc1ccc(C(=O)CCC2C(=O)C3CCN2CC3)cc1. The lowest BCUT2D eigenvalue weighted by Crippen LogP contribution is -2.55. The average Bonchev–Trinajstić information content (AvgIpc) is 2.54. The minimum Gasteiger partial charge on any atom is -0.298 e. The molecule has 1 N–H and O–H groups in total. The highest BCUT2D eigenvalue weighted by Crippen LogP contribution is 2.31. The first-order valence-electron chi connectivity index (χ1n) is 8.22. The molecule has 3 saturated heterocycles. The number of carbonyl (C=O) groups is 2. The van der Waals surface area contributed by atoms with Crippen LogP contribution in [0.3, 0.4) is 0 Å². The van der Waals surface area contributed by atoms with Crippen LogP contribution in [0.2, 0.25) is 0 Å². The minimum atomic E-state index is -3.32. The van der Waals surface area contributed by atoms with Crippen LogP contribution < -0.4 is 4.72 Å². The van der Waals surface area contributed by atoms with E-state index in [1.807, 2.05) is 0 Å². The van der Waals surface area contributed by atoms with Crippen LogP contribution in [-0.2, 0) is 14.8 Å². The summed E-state index contributed by atoms with van der Waals surface area (Å²) in [6.07, 6.45) is 3.89. The smallest absolute Gasteiger partial charge is 0.229 e. The van der Waals surface area contributed by atoms with Gasteiger partial charge in [0, 0.05) is 23.6 Å². The Morgan fingerprint density at radius 2 is 1.83 bits per heavy atom. The number of sulfonamides is 1. The molecule has 3 heterocycles. The van der Waals surface area contributed by atoms with Crippen molar-refractivity contribution in [2.75, 3.05) is 24.1 Å². The Labute approximate surface area is 142 Å². The van der Waals surface area contributed by atoms with Crippen molar-refractivity contribution in [2.45, 2.75) is 31.7 Å². The van der Waals surface area contributed by atoms with Gasteiger partial charge in [0.1, 0.15) is 0 Å². The summed E-state index contributed by atoms with van der Waals surface area (Å²) in [7, 11) is -3.32. The molecule has 130 valence electrons. The second-order valence-electron chi connectivity index (χ2n) is 6.64. The van der Waals surface area contributed by atoms with E-state index in [2.05, 4.69) is 9.62 Å². The standard InChI is InChI=1S/C17H22N2O4S/c1-24(22,23)18-14-4-2-12(3-5-14)16(20)7-6-15-17(21)13-8-10-19(15)11-9-13/h2-5,13,15,18H,6-11H2,1H3. The molecule has 1 unspecified atom stereocenters. The third-order valence-electron chi connectivity index (χ3n) is 4.86. The molecule has 3 fully saturated rings. The lowest BCUT2D eigenvalue weighted by atomic mass is 9.80. The molecular formula is C17H22N2O4S. The van der Waals surface area contributed by atoms with E-state index in [0.29, 0.717) is 29.9 Å². The van der Waals surface area contributed by atoms with E-state index in [1.54, 1.807) is 24.3 Å². The van der Waals surface area contributed by atoms with Crippen molar-refractivity contribution < 1.29 is 18.0 Å². The fourth-order valence-electron chi connectivity index (χ4n) is 3.62. The van der Waals surface area contributed by atoms with Gasteiger partial charge in [0.25, 0.3) is 0 Å². The summed E-state index contributed by atoms with van der Waals surface area (Å²) in [6.45, 7) is 1.92. The van der Waals surface area contributed by atoms with Crippen LogP contribution in [0.1, 0.15) is 36.0 Å². The van der Waals surface area contributed by atoms with Crippen LogP contribution in [0.15, 0.2) is 24.3 Å². The number of anilines is 1. The maximum atomic E-state index is 12.3. The predicted octanol–water partition coefficient (Wildman–Crippen LogP) is 1.68. The van der Waals surface area contributed by atoms with Crippen molar-refractivity contribution in [2.24, 2.45) is 5.92 Å². The van der Waals surface area contributed by atoms with Gasteiger partial charge in [-0.1, -0.05) is 0 Å². The van der Waals surface area contributed by atoms with Gasteiger partial charge in [0.2, 0.25) is 10.0 Å². The van der Waals surface area contributed by atoms with Gasteiger partial charge < -0.3 is 0 Å². The third-order valence-corrected chi connectivity index (χ3v) is 5.46. The number of hydrogen-bond acceptors (Lipinski definition) is 5. The van der Waals surface area contributed by atoms with Gasteiger partial charge in [-0.25, -0.2) is 8.42 Å². The molecule has 3 aliphatic heterocycles. The molecule has 6 nitrogen and oxygen atoms in total. The second-order valence-corrected chi connectivity index (χ2v) is 8.39. The van der Waals surface area contributed by atoms with Crippen molar-refractivity contribution in [3.05, 3.63) is 29.8 Å². The Hall–Kier alpha value is -1.73. The van der Waals surface area contributed by atoms with E-state index in [9.17, 15) is 18.0 Å². The molecule has 24 heavy (non-hydrogen) atoms. The molecule has 7 heteroatoms. The molecule has 3 aliphatic rings. The quantitative estimate of drug-likeness (QED) is 0.789. The molecule has 1 aromatic carbocycles. The molecule has 0 spiro atoms. The highest BCUT2D eigenvalue weighted by atomic mass is 32.2. The van der Waals surface area contributed by atoms with Crippen LogP contribution in [0.5, 0.6) is 0 Å². The second kappa shape index (κ2) is 6.64. The van der Waals surface area contributed by atoms with Crippen molar-refractivity contribution in [1.82, 2.24) is 4.90 Å². The third kappa shape index (κ3) is 3.84. The summed E-state index contributed by atoms with van der Waals surface area (Å²) in [6, 6.07) is 6.28. The number of ketones is 2. The number of rotatable bonds is 6. The Morgan fingerprint density at radius 1 is 1.21 bits per heavy atom. The van der Waals surface area contributed by atoms with Crippen LogP contribution in [-0.4, -0.2) is 50.3 Å². The Balaban J connectivity index is 1.58. The van der Waals surface area contributed by atoms with Crippen LogP contribution in [0.4, 0.5) is 5.69 Å². The average molecular weight is 350 g/mol. The zero-order valence-electron chi connectivity index (χ0n) is 13.7. The van der Waals surface area contributed by atoms with E-state index in [0.717, 1.165) is 32.2 Å². The Bertz CT molecular complexity index is 734. The van der Waals surface area contributed by atoms with Crippen molar-refractivity contribution >= 4 is 27.3 Å². The molecule has 0 radical (unpaired) electrons. The fourth-order valence-corrected chi connectivity index (χ4v) is 4.19. The number of nitrogens with one attached hydrogen (secondary N) is 1. The number of carbonyl (C=O) groups excluding carboxylic acids is 2. The maximum absolute atomic E-state index is 12.3. The van der Waals surface area contributed by atoms with Crippen LogP contribution >= 0.6 is 0 Å². The van der Waals surface area contributed by atoms with Crippen molar-refractivity contribution in [3.8, 4) is 0 Å². The summed E-state index contributed by atoms with van der Waals surface area (Å²) in [5.41, 5.74) is 0.970. The molecular weight excluding hydrogens is 328 g/mol. The lowest BCUT2D eigenvalue weighted by Gasteiger charge is -2.44. The summed E-state index contributed by atoms with van der Waals surface area (Å²) in [5, 5.41) is 0.